The summed E-state index contributed by atoms with van der Waals surface area (Å²) in [6.07, 6.45) is 0.458. The molecule has 3 rings (SSSR count). The van der Waals surface area contributed by atoms with Gasteiger partial charge in [-0.1, -0.05) is 23.5 Å². The third-order valence-electron chi connectivity index (χ3n) is 3.61. The molecule has 6 nitrogen and oxygen atoms in total. The predicted molar refractivity (Wildman–Crippen MR) is 94.7 cm³/mol. The molecule has 130 valence electrons. The number of hydrogen-bond donors (Lipinski definition) is 1. The van der Waals surface area contributed by atoms with E-state index in [1.165, 1.54) is 0 Å². The fourth-order valence-electron chi connectivity index (χ4n) is 2.43. The molecule has 0 atom stereocenters. The molecule has 7 heteroatoms. The van der Waals surface area contributed by atoms with Crippen molar-refractivity contribution in [3.63, 3.8) is 0 Å². The lowest BCUT2D eigenvalue weighted by Crippen LogP contribution is -2.02. The average Bonchev–Trinajstić information content (AvgIpc) is 2.98. The molecule has 25 heavy (non-hydrogen) atoms. The number of methoxy groups -OCH3 is 1. The molecule has 0 amide bonds. The summed E-state index contributed by atoms with van der Waals surface area (Å²) in [5, 5.41) is 8.68. The Hall–Kier alpha value is -2.80. The zero-order valence-electron chi connectivity index (χ0n) is 13.5. The topological polar surface area (TPSA) is 86.0 Å². The molecular formula is C18H16O6S. The monoisotopic (exact) mass is 360 g/mol. The van der Waals surface area contributed by atoms with Crippen LogP contribution in [0.15, 0.2) is 45.6 Å². The zero-order valence-corrected chi connectivity index (χ0v) is 14.3. The summed E-state index contributed by atoms with van der Waals surface area (Å²) in [6.45, 7) is 0.284. The van der Waals surface area contributed by atoms with E-state index in [1.807, 2.05) is 24.3 Å². The van der Waals surface area contributed by atoms with Gasteiger partial charge in [0.25, 0.3) is 0 Å². The Kier molecular flexibility index (Phi) is 5.04. The van der Waals surface area contributed by atoms with Crippen molar-refractivity contribution in [3.05, 3.63) is 46.1 Å². The van der Waals surface area contributed by atoms with Gasteiger partial charge in [-0.15, -0.1) is 0 Å². The van der Waals surface area contributed by atoms with Crippen LogP contribution < -0.4 is 14.4 Å². The van der Waals surface area contributed by atoms with Gasteiger partial charge in [-0.25, -0.2) is 4.79 Å². The van der Waals surface area contributed by atoms with Gasteiger partial charge < -0.3 is 19.0 Å². The van der Waals surface area contributed by atoms with E-state index in [0.29, 0.717) is 22.5 Å². The average molecular weight is 360 g/mol. The number of benzene rings is 2. The van der Waals surface area contributed by atoms with Crippen LogP contribution in [0.4, 0.5) is 0 Å². The minimum Gasteiger partial charge on any atom is -0.497 e. The van der Waals surface area contributed by atoms with Crippen LogP contribution in [0, 0.1) is 0 Å². The molecule has 2 aromatic carbocycles. The number of fused-ring (bicyclic) bond motifs is 1. The lowest BCUT2D eigenvalue weighted by molar-refractivity contribution is -0.137. The van der Waals surface area contributed by atoms with Gasteiger partial charge in [0.2, 0.25) is 0 Å². The Morgan fingerprint density at radius 1 is 1.20 bits per heavy atom. The van der Waals surface area contributed by atoms with Crippen molar-refractivity contribution >= 4 is 27.6 Å². The smallest absolute Gasteiger partial charge is 0.396 e. The van der Waals surface area contributed by atoms with Crippen LogP contribution in [0.3, 0.4) is 0 Å². The fourth-order valence-corrected chi connectivity index (χ4v) is 3.16. The van der Waals surface area contributed by atoms with Crippen LogP contribution >= 0.6 is 11.3 Å². The molecule has 0 spiro atoms. The van der Waals surface area contributed by atoms with Gasteiger partial charge in [0.1, 0.15) is 11.5 Å². The van der Waals surface area contributed by atoms with Crippen molar-refractivity contribution in [1.82, 2.24) is 0 Å². The van der Waals surface area contributed by atoms with E-state index in [-0.39, 0.29) is 18.0 Å². The molecule has 0 aliphatic rings. The van der Waals surface area contributed by atoms with Crippen LogP contribution in [-0.4, -0.2) is 24.8 Å². The fraction of sp³-hybridized carbons (Fsp3) is 0.222. The van der Waals surface area contributed by atoms with E-state index in [0.717, 1.165) is 28.2 Å². The molecule has 0 bridgehead atoms. The summed E-state index contributed by atoms with van der Waals surface area (Å²) in [6, 6.07) is 10.9. The first-order chi connectivity index (χ1) is 12.1. The summed E-state index contributed by atoms with van der Waals surface area (Å²) < 4.78 is 16.8. The molecule has 0 radical (unpaired) electrons. The zero-order chi connectivity index (χ0) is 17.8. The molecule has 0 saturated heterocycles. The summed E-state index contributed by atoms with van der Waals surface area (Å²) in [5.41, 5.74) is 2.12. The number of carboxylic acid groups (broad SMARTS) is 1. The van der Waals surface area contributed by atoms with Gasteiger partial charge >= 0.3 is 10.9 Å². The van der Waals surface area contributed by atoms with Gasteiger partial charge in [0.15, 0.2) is 5.58 Å². The highest BCUT2D eigenvalue weighted by molar-refractivity contribution is 7.16. The Morgan fingerprint density at radius 2 is 1.96 bits per heavy atom. The summed E-state index contributed by atoms with van der Waals surface area (Å²) in [5.74, 6) is 0.444. The number of rotatable bonds is 7. The largest absolute Gasteiger partial charge is 0.497 e. The molecule has 0 saturated carbocycles. The number of carboxylic acids is 1. The Labute approximate surface area is 147 Å². The predicted octanol–water partition coefficient (Wildman–Crippen LogP) is 3.77. The first-order valence-corrected chi connectivity index (χ1v) is 8.45. The Balaban J connectivity index is 1.94. The highest BCUT2D eigenvalue weighted by Gasteiger charge is 2.13. The molecule has 1 N–H and O–H groups in total. The Bertz CT molecular complexity index is 938. The van der Waals surface area contributed by atoms with Gasteiger partial charge in [-0.3, -0.25) is 4.79 Å². The summed E-state index contributed by atoms with van der Waals surface area (Å²) in [4.78, 5) is 21.8. The molecule has 3 aromatic rings. The Morgan fingerprint density at radius 3 is 2.64 bits per heavy atom. The second-order valence-electron chi connectivity index (χ2n) is 5.33. The van der Waals surface area contributed by atoms with Gasteiger partial charge in [0.05, 0.1) is 18.4 Å². The van der Waals surface area contributed by atoms with Crippen LogP contribution in [0.1, 0.15) is 12.8 Å². The minimum atomic E-state index is -0.856. The lowest BCUT2D eigenvalue weighted by Gasteiger charge is -2.09. The van der Waals surface area contributed by atoms with E-state index in [9.17, 15) is 9.59 Å². The highest BCUT2D eigenvalue weighted by Crippen LogP contribution is 2.35. The van der Waals surface area contributed by atoms with Crippen molar-refractivity contribution in [2.45, 2.75) is 12.8 Å². The molecular weight excluding hydrogens is 344 g/mol. The summed E-state index contributed by atoms with van der Waals surface area (Å²) in [7, 11) is 1.59. The second kappa shape index (κ2) is 7.40. The van der Waals surface area contributed by atoms with Crippen LogP contribution in [-0.2, 0) is 4.79 Å². The first-order valence-electron chi connectivity index (χ1n) is 7.63. The third kappa shape index (κ3) is 4.00. The molecule has 0 unspecified atom stereocenters. The minimum absolute atomic E-state index is 0.0482. The van der Waals surface area contributed by atoms with Crippen molar-refractivity contribution in [1.29, 1.82) is 0 Å². The van der Waals surface area contributed by atoms with Gasteiger partial charge in [-0.2, -0.15) is 0 Å². The number of carbonyl (C=O) groups is 1. The van der Waals surface area contributed by atoms with E-state index in [1.54, 1.807) is 19.2 Å². The normalized spacial score (nSPS) is 10.8. The molecule has 1 heterocycles. The lowest BCUT2D eigenvalue weighted by atomic mass is 10.0. The third-order valence-corrected chi connectivity index (χ3v) is 4.38. The highest BCUT2D eigenvalue weighted by atomic mass is 32.1. The van der Waals surface area contributed by atoms with E-state index >= 15 is 0 Å². The second-order valence-corrected chi connectivity index (χ2v) is 6.30. The van der Waals surface area contributed by atoms with Crippen molar-refractivity contribution in [3.8, 4) is 22.6 Å². The molecule has 0 aliphatic heterocycles. The van der Waals surface area contributed by atoms with Crippen molar-refractivity contribution in [2.75, 3.05) is 13.7 Å². The van der Waals surface area contributed by atoms with E-state index < -0.39 is 5.97 Å². The molecule has 1 aromatic heterocycles. The first kappa shape index (κ1) is 17.0. The molecule has 0 fully saturated rings. The van der Waals surface area contributed by atoms with Crippen LogP contribution in [0.25, 0.3) is 21.4 Å². The van der Waals surface area contributed by atoms with E-state index in [4.69, 9.17) is 19.0 Å². The quantitative estimate of drug-likeness (QED) is 0.646. The van der Waals surface area contributed by atoms with Crippen molar-refractivity contribution in [2.24, 2.45) is 0 Å². The van der Waals surface area contributed by atoms with Gasteiger partial charge in [-0.05, 0) is 30.2 Å². The van der Waals surface area contributed by atoms with Crippen molar-refractivity contribution < 1.29 is 23.8 Å². The SMILES string of the molecule is COc1ccc(-c2cc(OCCCC(=O)O)cc3sc(=O)oc23)cc1. The molecule has 0 aliphatic carbocycles. The number of hydrogen-bond acceptors (Lipinski definition) is 6. The maximum Gasteiger partial charge on any atom is 0.396 e. The standard InChI is InChI=1S/C18H16O6S/c1-22-12-6-4-11(5-7-12)14-9-13(23-8-2-3-16(19)20)10-15-17(14)24-18(21)25-15/h4-7,9-10H,2-3,8H2,1H3,(H,19,20). The van der Waals surface area contributed by atoms with Crippen LogP contribution in [0.5, 0.6) is 11.5 Å². The van der Waals surface area contributed by atoms with E-state index in [2.05, 4.69) is 0 Å². The van der Waals surface area contributed by atoms with Gasteiger partial charge in [0, 0.05) is 18.1 Å². The maximum absolute atomic E-state index is 11.6. The van der Waals surface area contributed by atoms with Crippen LogP contribution in [0.2, 0.25) is 0 Å². The summed E-state index contributed by atoms with van der Waals surface area (Å²) >= 11 is 1.01. The number of ether oxygens (including phenoxy) is 2. The number of aliphatic carboxylic acids is 1. The maximum atomic E-state index is 11.6.